The Morgan fingerprint density at radius 3 is 2.51 bits per heavy atom. The number of allylic oxidation sites excluding steroid dienone is 1. The zero-order chi connectivity index (χ0) is 24.9. The first-order valence-corrected chi connectivity index (χ1v) is 10.9. The first-order valence-electron chi connectivity index (χ1n) is 10.9. The number of rotatable bonds is 7. The molecule has 0 radical (unpaired) electrons. The molecular weight excluding hydrogens is 447 g/mol. The highest BCUT2D eigenvalue weighted by molar-refractivity contribution is 6.39. The summed E-state index contributed by atoms with van der Waals surface area (Å²) >= 11 is 0. The molecule has 0 atom stereocenters. The van der Waals surface area contributed by atoms with E-state index in [4.69, 9.17) is 4.74 Å². The van der Waals surface area contributed by atoms with E-state index in [1.807, 2.05) is 6.92 Å². The summed E-state index contributed by atoms with van der Waals surface area (Å²) in [4.78, 5) is 38.9. The van der Waals surface area contributed by atoms with E-state index in [0.717, 1.165) is 16.0 Å². The molecule has 0 unspecified atom stereocenters. The Morgan fingerprint density at radius 1 is 1.03 bits per heavy atom. The van der Waals surface area contributed by atoms with Gasteiger partial charge in [-0.3, -0.25) is 14.9 Å². The van der Waals surface area contributed by atoms with Crippen LogP contribution in [0.4, 0.5) is 14.9 Å². The third-order valence-corrected chi connectivity index (χ3v) is 5.44. The van der Waals surface area contributed by atoms with Crippen LogP contribution in [0, 0.1) is 12.7 Å². The molecule has 1 heterocycles. The number of barbiturate groups is 1. The first-order chi connectivity index (χ1) is 16.9. The molecule has 1 saturated heterocycles. The van der Waals surface area contributed by atoms with E-state index in [-0.39, 0.29) is 18.0 Å². The normalized spacial score (nSPS) is 14.7. The van der Waals surface area contributed by atoms with Gasteiger partial charge in [0.2, 0.25) is 0 Å². The molecular formula is C28H23FN2O4. The van der Waals surface area contributed by atoms with Gasteiger partial charge < -0.3 is 4.74 Å². The molecule has 1 N–H and O–H groups in total. The third-order valence-electron chi connectivity index (χ3n) is 5.44. The van der Waals surface area contributed by atoms with Gasteiger partial charge in [0.1, 0.15) is 23.7 Å². The van der Waals surface area contributed by atoms with E-state index in [1.54, 1.807) is 60.7 Å². The fourth-order valence-corrected chi connectivity index (χ4v) is 3.69. The average Bonchev–Trinajstić information content (AvgIpc) is 2.82. The summed E-state index contributed by atoms with van der Waals surface area (Å²) in [5, 5.41) is 2.22. The van der Waals surface area contributed by atoms with Crippen LogP contribution in [-0.2, 0) is 22.6 Å². The minimum Gasteiger partial charge on any atom is -0.489 e. The lowest BCUT2D eigenvalue weighted by Gasteiger charge is -2.26. The van der Waals surface area contributed by atoms with Gasteiger partial charge in [-0.2, -0.15) is 0 Å². The van der Waals surface area contributed by atoms with Crippen molar-refractivity contribution in [2.45, 2.75) is 20.0 Å². The molecule has 0 bridgehead atoms. The number of hydrogen-bond donors (Lipinski definition) is 1. The minimum absolute atomic E-state index is 0.164. The van der Waals surface area contributed by atoms with Crippen molar-refractivity contribution < 1.29 is 23.5 Å². The maximum absolute atomic E-state index is 13.4. The summed E-state index contributed by atoms with van der Waals surface area (Å²) in [6.07, 6.45) is 3.62. The van der Waals surface area contributed by atoms with E-state index in [2.05, 4.69) is 11.9 Å². The molecule has 0 aromatic heterocycles. The first kappa shape index (κ1) is 23.6. The predicted molar refractivity (Wildman–Crippen MR) is 131 cm³/mol. The fourth-order valence-electron chi connectivity index (χ4n) is 3.69. The summed E-state index contributed by atoms with van der Waals surface area (Å²) in [5.74, 6) is -1.24. The standard InChI is InChI=1S/C28H23FN2O4/c1-3-5-21-14-19(10-13-25(21)35-17-20-6-4-7-22(29)15-20)16-24-26(32)30-28(34)31(27(24)33)23-11-8-18(2)9-12-23/h3-4,6-16H,1,5,17H2,2H3,(H,30,32,34)/b24-16+. The van der Waals surface area contributed by atoms with Crippen LogP contribution in [0.3, 0.4) is 0 Å². The van der Waals surface area contributed by atoms with Crippen LogP contribution >= 0.6 is 0 Å². The van der Waals surface area contributed by atoms with E-state index in [1.165, 1.54) is 18.2 Å². The largest absolute Gasteiger partial charge is 0.489 e. The molecule has 0 saturated carbocycles. The topological polar surface area (TPSA) is 75.7 Å². The molecule has 1 aliphatic heterocycles. The van der Waals surface area contributed by atoms with Crippen molar-refractivity contribution in [1.29, 1.82) is 0 Å². The highest BCUT2D eigenvalue weighted by atomic mass is 19.1. The molecule has 3 aromatic rings. The van der Waals surface area contributed by atoms with Crippen molar-refractivity contribution in [2.75, 3.05) is 4.90 Å². The van der Waals surface area contributed by atoms with Gasteiger partial charge in [-0.1, -0.05) is 42.0 Å². The second kappa shape index (κ2) is 10.2. The van der Waals surface area contributed by atoms with Crippen LogP contribution in [0.15, 0.2) is 85.0 Å². The van der Waals surface area contributed by atoms with Crippen molar-refractivity contribution >= 4 is 29.6 Å². The number of carbonyl (C=O) groups is 3. The Kier molecular flexibility index (Phi) is 6.87. The third kappa shape index (κ3) is 5.35. The fraction of sp³-hybridized carbons (Fsp3) is 0.107. The molecule has 1 aliphatic rings. The number of urea groups is 1. The van der Waals surface area contributed by atoms with Gasteiger partial charge in [0.15, 0.2) is 0 Å². The van der Waals surface area contributed by atoms with Gasteiger partial charge in [-0.15, -0.1) is 6.58 Å². The highest BCUT2D eigenvalue weighted by Crippen LogP contribution is 2.26. The molecule has 7 heteroatoms. The molecule has 4 rings (SSSR count). The maximum Gasteiger partial charge on any atom is 0.335 e. The molecule has 0 spiro atoms. The number of hydrogen-bond acceptors (Lipinski definition) is 4. The summed E-state index contributed by atoms with van der Waals surface area (Å²) < 4.78 is 19.3. The van der Waals surface area contributed by atoms with Crippen LogP contribution in [0.25, 0.3) is 6.08 Å². The number of nitrogens with zero attached hydrogens (tertiary/aromatic N) is 1. The second-order valence-corrected chi connectivity index (χ2v) is 8.07. The van der Waals surface area contributed by atoms with Gasteiger partial charge in [-0.25, -0.2) is 14.1 Å². The predicted octanol–water partition coefficient (Wildman–Crippen LogP) is 5.11. The number of halogens is 1. The SMILES string of the molecule is C=CCc1cc(/C=C2\C(=O)NC(=O)N(c3ccc(C)cc3)C2=O)ccc1OCc1cccc(F)c1. The van der Waals surface area contributed by atoms with Gasteiger partial charge in [0.25, 0.3) is 11.8 Å². The summed E-state index contributed by atoms with van der Waals surface area (Å²) in [5.41, 5.74) is 3.22. The lowest BCUT2D eigenvalue weighted by atomic mass is 10.0. The van der Waals surface area contributed by atoms with Crippen molar-refractivity contribution in [1.82, 2.24) is 5.32 Å². The Balaban J connectivity index is 1.61. The van der Waals surface area contributed by atoms with E-state index >= 15 is 0 Å². The lowest BCUT2D eigenvalue weighted by Crippen LogP contribution is -2.54. The molecule has 0 aliphatic carbocycles. The smallest absolute Gasteiger partial charge is 0.335 e. The number of benzene rings is 3. The van der Waals surface area contributed by atoms with Crippen molar-refractivity contribution in [3.05, 3.63) is 113 Å². The number of anilines is 1. The van der Waals surface area contributed by atoms with E-state index < -0.39 is 17.8 Å². The summed E-state index contributed by atoms with van der Waals surface area (Å²) in [6, 6.07) is 17.4. The molecule has 6 nitrogen and oxygen atoms in total. The maximum atomic E-state index is 13.4. The van der Waals surface area contributed by atoms with Crippen LogP contribution in [0.2, 0.25) is 0 Å². The van der Waals surface area contributed by atoms with Crippen LogP contribution in [0.5, 0.6) is 5.75 Å². The number of carbonyl (C=O) groups excluding carboxylic acids is 3. The van der Waals surface area contributed by atoms with Crippen molar-refractivity contribution in [3.8, 4) is 5.75 Å². The van der Waals surface area contributed by atoms with E-state index in [0.29, 0.717) is 29.0 Å². The van der Waals surface area contributed by atoms with Gasteiger partial charge in [0, 0.05) is 0 Å². The number of nitrogens with one attached hydrogen (secondary N) is 1. The van der Waals surface area contributed by atoms with Crippen molar-refractivity contribution in [2.24, 2.45) is 0 Å². The van der Waals surface area contributed by atoms with E-state index in [9.17, 15) is 18.8 Å². The highest BCUT2D eigenvalue weighted by Gasteiger charge is 2.36. The van der Waals surface area contributed by atoms with Gasteiger partial charge in [0.05, 0.1) is 5.69 Å². The Morgan fingerprint density at radius 2 is 1.80 bits per heavy atom. The minimum atomic E-state index is -0.797. The number of aryl methyl sites for hydroxylation is 1. The van der Waals surface area contributed by atoms with Gasteiger partial charge in [-0.05, 0) is 72.5 Å². The molecule has 35 heavy (non-hydrogen) atoms. The molecule has 4 amide bonds. The van der Waals surface area contributed by atoms with Crippen LogP contribution in [-0.4, -0.2) is 17.8 Å². The molecule has 176 valence electrons. The monoisotopic (exact) mass is 470 g/mol. The molecule has 3 aromatic carbocycles. The van der Waals surface area contributed by atoms with Crippen LogP contribution < -0.4 is 15.0 Å². The Hall–Kier alpha value is -4.52. The lowest BCUT2D eigenvalue weighted by molar-refractivity contribution is -0.122. The molecule has 1 fully saturated rings. The number of amides is 4. The Labute approximate surface area is 202 Å². The number of ether oxygens (including phenoxy) is 1. The zero-order valence-electron chi connectivity index (χ0n) is 19.1. The average molecular weight is 471 g/mol. The zero-order valence-corrected chi connectivity index (χ0v) is 19.1. The second-order valence-electron chi connectivity index (χ2n) is 8.07. The van der Waals surface area contributed by atoms with Crippen molar-refractivity contribution in [3.63, 3.8) is 0 Å². The van der Waals surface area contributed by atoms with Crippen LogP contribution in [0.1, 0.15) is 22.3 Å². The summed E-state index contributed by atoms with van der Waals surface area (Å²) in [6.45, 7) is 5.84. The number of imide groups is 2. The quantitative estimate of drug-likeness (QED) is 0.296. The van der Waals surface area contributed by atoms with Gasteiger partial charge >= 0.3 is 6.03 Å². The summed E-state index contributed by atoms with van der Waals surface area (Å²) in [7, 11) is 0. The Bertz CT molecular complexity index is 1350.